The van der Waals surface area contributed by atoms with Crippen LogP contribution in [0.4, 0.5) is 0 Å². The molecule has 0 bridgehead atoms. The van der Waals surface area contributed by atoms with Crippen LogP contribution in [0.1, 0.15) is 64.2 Å². The van der Waals surface area contributed by atoms with E-state index in [0.717, 1.165) is 38.8 Å². The van der Waals surface area contributed by atoms with Gasteiger partial charge in [-0.1, -0.05) is 25.7 Å². The van der Waals surface area contributed by atoms with Crippen LogP contribution in [0.25, 0.3) is 0 Å². The van der Waals surface area contributed by atoms with Gasteiger partial charge in [0, 0.05) is 31.5 Å². The number of hydrogen-bond acceptors (Lipinski definition) is 2. The molecule has 1 saturated carbocycles. The van der Waals surface area contributed by atoms with Gasteiger partial charge in [-0.25, -0.2) is 0 Å². The molecule has 138 valence electrons. The van der Waals surface area contributed by atoms with Crippen LogP contribution in [0.15, 0.2) is 24.5 Å². The standard InChI is InChI=1S/C21H33N3O/c25-20(21(11-3-1-4-12-21)24-15-7-8-16-24)23-17-9-19(10-18-23)22-13-5-2-6-14-22/h7-8,15-16,19H,1-6,9-14,17-18H2. The molecule has 25 heavy (non-hydrogen) atoms. The summed E-state index contributed by atoms with van der Waals surface area (Å²) in [6.45, 7) is 4.43. The Morgan fingerprint density at radius 2 is 1.40 bits per heavy atom. The van der Waals surface area contributed by atoms with E-state index in [-0.39, 0.29) is 5.54 Å². The summed E-state index contributed by atoms with van der Waals surface area (Å²) >= 11 is 0. The zero-order chi connectivity index (χ0) is 17.1. The number of carbonyl (C=O) groups is 1. The highest BCUT2D eigenvalue weighted by Gasteiger charge is 2.44. The van der Waals surface area contributed by atoms with Gasteiger partial charge in [-0.3, -0.25) is 4.79 Å². The lowest BCUT2D eigenvalue weighted by Crippen LogP contribution is -2.55. The van der Waals surface area contributed by atoms with Crippen molar-refractivity contribution in [2.75, 3.05) is 26.2 Å². The molecule has 4 heteroatoms. The zero-order valence-electron chi connectivity index (χ0n) is 15.5. The van der Waals surface area contributed by atoms with Crippen molar-refractivity contribution in [1.29, 1.82) is 0 Å². The van der Waals surface area contributed by atoms with Crippen LogP contribution in [-0.2, 0) is 10.3 Å². The molecule has 0 radical (unpaired) electrons. The Hall–Kier alpha value is -1.29. The van der Waals surface area contributed by atoms with Crippen LogP contribution in [0.3, 0.4) is 0 Å². The van der Waals surface area contributed by atoms with Gasteiger partial charge in [0.15, 0.2) is 0 Å². The van der Waals surface area contributed by atoms with Crippen molar-refractivity contribution < 1.29 is 4.79 Å². The number of rotatable bonds is 3. The predicted octanol–water partition coefficient (Wildman–Crippen LogP) is 3.62. The summed E-state index contributed by atoms with van der Waals surface area (Å²) in [5.74, 6) is 0.389. The lowest BCUT2D eigenvalue weighted by molar-refractivity contribution is -0.144. The maximum atomic E-state index is 13.5. The van der Waals surface area contributed by atoms with Gasteiger partial charge in [0.2, 0.25) is 5.91 Å². The van der Waals surface area contributed by atoms with Crippen LogP contribution < -0.4 is 0 Å². The van der Waals surface area contributed by atoms with E-state index in [4.69, 9.17) is 0 Å². The van der Waals surface area contributed by atoms with Crippen molar-refractivity contribution in [3.05, 3.63) is 24.5 Å². The van der Waals surface area contributed by atoms with E-state index in [9.17, 15) is 4.79 Å². The van der Waals surface area contributed by atoms with E-state index in [1.54, 1.807) is 0 Å². The minimum Gasteiger partial charge on any atom is -0.341 e. The molecule has 1 amide bonds. The number of aromatic nitrogens is 1. The van der Waals surface area contributed by atoms with E-state index in [1.165, 1.54) is 51.6 Å². The predicted molar refractivity (Wildman–Crippen MR) is 101 cm³/mol. The molecule has 0 unspecified atom stereocenters. The van der Waals surface area contributed by atoms with E-state index in [1.807, 2.05) is 0 Å². The number of carbonyl (C=O) groups excluding carboxylic acids is 1. The fourth-order valence-electron chi connectivity index (χ4n) is 5.35. The van der Waals surface area contributed by atoms with Crippen molar-refractivity contribution in [2.24, 2.45) is 0 Å². The molecular weight excluding hydrogens is 310 g/mol. The highest BCUT2D eigenvalue weighted by molar-refractivity contribution is 5.85. The first kappa shape index (κ1) is 17.1. The van der Waals surface area contributed by atoms with Crippen molar-refractivity contribution in [3.63, 3.8) is 0 Å². The number of nitrogens with zero attached hydrogens (tertiary/aromatic N) is 3. The normalized spacial score (nSPS) is 25.8. The monoisotopic (exact) mass is 343 g/mol. The van der Waals surface area contributed by atoms with Gasteiger partial charge in [0.05, 0.1) is 0 Å². The summed E-state index contributed by atoms with van der Waals surface area (Å²) in [6, 6.07) is 4.83. The van der Waals surface area contributed by atoms with E-state index in [2.05, 4.69) is 38.9 Å². The molecule has 0 atom stereocenters. The molecule has 1 aliphatic carbocycles. The zero-order valence-corrected chi connectivity index (χ0v) is 15.5. The Bertz CT molecular complexity index is 548. The van der Waals surface area contributed by atoms with Crippen molar-refractivity contribution >= 4 is 5.91 Å². The Balaban J connectivity index is 1.43. The summed E-state index contributed by atoms with van der Waals surface area (Å²) in [7, 11) is 0. The third-order valence-corrected chi connectivity index (χ3v) is 6.84. The van der Waals surface area contributed by atoms with Crippen LogP contribution in [0.5, 0.6) is 0 Å². The van der Waals surface area contributed by atoms with Gasteiger partial charge in [-0.05, 0) is 63.7 Å². The average Bonchev–Trinajstić information content (AvgIpc) is 3.24. The second kappa shape index (κ2) is 7.53. The van der Waals surface area contributed by atoms with E-state index < -0.39 is 0 Å². The van der Waals surface area contributed by atoms with E-state index >= 15 is 0 Å². The maximum Gasteiger partial charge on any atom is 0.248 e. The molecule has 4 nitrogen and oxygen atoms in total. The second-order valence-corrected chi connectivity index (χ2v) is 8.30. The first-order chi connectivity index (χ1) is 12.3. The van der Waals surface area contributed by atoms with Gasteiger partial charge >= 0.3 is 0 Å². The van der Waals surface area contributed by atoms with Gasteiger partial charge in [-0.2, -0.15) is 0 Å². The van der Waals surface area contributed by atoms with Crippen LogP contribution >= 0.6 is 0 Å². The molecule has 0 aromatic carbocycles. The molecule has 0 spiro atoms. The van der Waals surface area contributed by atoms with Crippen LogP contribution in [0, 0.1) is 0 Å². The summed E-state index contributed by atoms with van der Waals surface area (Å²) in [6.07, 6.45) is 16.3. The highest BCUT2D eigenvalue weighted by Crippen LogP contribution is 2.37. The Kier molecular flexibility index (Phi) is 5.16. The van der Waals surface area contributed by atoms with Gasteiger partial charge in [0.1, 0.15) is 5.54 Å². The van der Waals surface area contributed by atoms with Crippen LogP contribution in [-0.4, -0.2) is 52.5 Å². The van der Waals surface area contributed by atoms with Crippen LogP contribution in [0.2, 0.25) is 0 Å². The maximum absolute atomic E-state index is 13.5. The largest absolute Gasteiger partial charge is 0.341 e. The minimum atomic E-state index is -0.306. The topological polar surface area (TPSA) is 28.5 Å². The number of amides is 1. The number of hydrogen-bond donors (Lipinski definition) is 0. The summed E-state index contributed by atoms with van der Waals surface area (Å²) < 4.78 is 2.21. The summed E-state index contributed by atoms with van der Waals surface area (Å²) in [4.78, 5) is 18.4. The molecule has 4 rings (SSSR count). The molecule has 3 heterocycles. The average molecular weight is 344 g/mol. The molecule has 1 aromatic heterocycles. The van der Waals surface area contributed by atoms with Gasteiger partial charge < -0.3 is 14.4 Å². The van der Waals surface area contributed by atoms with Crippen molar-refractivity contribution in [3.8, 4) is 0 Å². The molecular formula is C21H33N3O. The SMILES string of the molecule is O=C(N1CCC(N2CCCCC2)CC1)C1(n2cccc2)CCCCC1. The summed E-state index contributed by atoms with van der Waals surface area (Å²) in [5.41, 5.74) is -0.306. The molecule has 2 aliphatic heterocycles. The Morgan fingerprint density at radius 1 is 0.800 bits per heavy atom. The van der Waals surface area contributed by atoms with E-state index in [0.29, 0.717) is 11.9 Å². The quantitative estimate of drug-likeness (QED) is 0.838. The minimum absolute atomic E-state index is 0.306. The van der Waals surface area contributed by atoms with Gasteiger partial charge in [-0.15, -0.1) is 0 Å². The first-order valence-corrected chi connectivity index (χ1v) is 10.5. The molecule has 3 fully saturated rings. The molecule has 2 saturated heterocycles. The smallest absolute Gasteiger partial charge is 0.248 e. The Morgan fingerprint density at radius 3 is 2.04 bits per heavy atom. The molecule has 0 N–H and O–H groups in total. The van der Waals surface area contributed by atoms with Crippen molar-refractivity contribution in [1.82, 2.24) is 14.4 Å². The number of likely N-dealkylation sites (tertiary alicyclic amines) is 2. The third-order valence-electron chi connectivity index (χ3n) is 6.84. The lowest BCUT2D eigenvalue weighted by Gasteiger charge is -2.45. The first-order valence-electron chi connectivity index (χ1n) is 10.5. The number of piperidine rings is 2. The van der Waals surface area contributed by atoms with Gasteiger partial charge in [0.25, 0.3) is 0 Å². The van der Waals surface area contributed by atoms with Crippen molar-refractivity contribution in [2.45, 2.75) is 75.8 Å². The third kappa shape index (κ3) is 3.38. The Labute approximate surface area is 152 Å². The fraction of sp³-hybridized carbons (Fsp3) is 0.762. The highest BCUT2D eigenvalue weighted by atomic mass is 16.2. The molecule has 3 aliphatic rings. The molecule has 1 aromatic rings. The lowest BCUT2D eigenvalue weighted by atomic mass is 9.79. The fourth-order valence-corrected chi connectivity index (χ4v) is 5.35. The summed E-state index contributed by atoms with van der Waals surface area (Å²) in [5, 5.41) is 0. The second-order valence-electron chi connectivity index (χ2n) is 8.30.